The molecule has 0 unspecified atom stereocenters. The van der Waals surface area contributed by atoms with Crippen molar-refractivity contribution < 1.29 is 18.0 Å². The quantitative estimate of drug-likeness (QED) is 0.796. The summed E-state index contributed by atoms with van der Waals surface area (Å²) in [5.74, 6) is -0.267. The second kappa shape index (κ2) is 5.63. The number of benzene rings is 1. The van der Waals surface area contributed by atoms with E-state index in [1.807, 2.05) is 0 Å². The maximum atomic E-state index is 12.4. The number of alkyl halides is 3. The van der Waals surface area contributed by atoms with Crippen LogP contribution in [-0.4, -0.2) is 10.8 Å². The molecule has 0 atom stereocenters. The number of pyridine rings is 1. The molecule has 20 heavy (non-hydrogen) atoms. The van der Waals surface area contributed by atoms with E-state index in [9.17, 15) is 18.0 Å². The normalized spacial score (nSPS) is 11.4. The summed E-state index contributed by atoms with van der Waals surface area (Å²) >= 11 is 5.84. The van der Waals surface area contributed by atoms with Gasteiger partial charge >= 0.3 is 6.18 Å². The van der Waals surface area contributed by atoms with Crippen LogP contribution in [0.5, 0.6) is 0 Å². The van der Waals surface area contributed by atoms with Gasteiger partial charge in [0.2, 0.25) is 0 Å². The Labute approximate surface area is 118 Å². The molecule has 1 heterocycles. The van der Waals surface area contributed by atoms with Gasteiger partial charge in [0.1, 0.15) is 0 Å². The monoisotopic (exact) mass is 299 g/mol. The fraction of sp³-hybridized carbons (Fsp3) is 0.143. The van der Waals surface area contributed by atoms with Crippen molar-refractivity contribution in [1.82, 2.24) is 4.98 Å². The SMILES string of the molecule is O=C(Cc1ccc(C(F)(F)F)cc1)c1ccncc1Cl. The van der Waals surface area contributed by atoms with Crippen LogP contribution in [-0.2, 0) is 12.6 Å². The number of aromatic nitrogens is 1. The molecule has 0 bridgehead atoms. The summed E-state index contributed by atoms with van der Waals surface area (Å²) in [5, 5.41) is 0.226. The van der Waals surface area contributed by atoms with Crippen LogP contribution in [0.3, 0.4) is 0 Å². The summed E-state index contributed by atoms with van der Waals surface area (Å²) in [4.78, 5) is 15.7. The van der Waals surface area contributed by atoms with E-state index < -0.39 is 11.7 Å². The van der Waals surface area contributed by atoms with Gasteiger partial charge in [-0.25, -0.2) is 0 Å². The number of rotatable bonds is 3. The molecule has 0 saturated carbocycles. The van der Waals surface area contributed by atoms with Gasteiger partial charge in [-0.15, -0.1) is 0 Å². The smallest absolute Gasteiger partial charge is 0.294 e. The lowest BCUT2D eigenvalue weighted by atomic mass is 10.0. The van der Waals surface area contributed by atoms with Gasteiger partial charge in [-0.05, 0) is 23.8 Å². The van der Waals surface area contributed by atoms with Crippen molar-refractivity contribution in [3.05, 3.63) is 64.4 Å². The summed E-state index contributed by atoms with van der Waals surface area (Å²) < 4.78 is 37.2. The average Bonchev–Trinajstić information content (AvgIpc) is 2.38. The van der Waals surface area contributed by atoms with Crippen molar-refractivity contribution in [3.8, 4) is 0 Å². The third kappa shape index (κ3) is 3.36. The van der Waals surface area contributed by atoms with Gasteiger partial charge in [-0.3, -0.25) is 9.78 Å². The van der Waals surface area contributed by atoms with Gasteiger partial charge in [0.15, 0.2) is 5.78 Å². The van der Waals surface area contributed by atoms with E-state index in [0.29, 0.717) is 11.1 Å². The number of hydrogen-bond acceptors (Lipinski definition) is 2. The van der Waals surface area contributed by atoms with Crippen LogP contribution in [0, 0.1) is 0 Å². The number of halogens is 4. The molecule has 0 saturated heterocycles. The second-order valence-electron chi connectivity index (χ2n) is 4.15. The summed E-state index contributed by atoms with van der Waals surface area (Å²) in [6.45, 7) is 0. The summed E-state index contributed by atoms with van der Waals surface area (Å²) in [7, 11) is 0. The lowest BCUT2D eigenvalue weighted by Crippen LogP contribution is -2.07. The highest BCUT2D eigenvalue weighted by Crippen LogP contribution is 2.29. The van der Waals surface area contributed by atoms with Crippen LogP contribution in [0.1, 0.15) is 21.5 Å². The summed E-state index contributed by atoms with van der Waals surface area (Å²) in [6.07, 6.45) is -1.60. The van der Waals surface area contributed by atoms with Crippen molar-refractivity contribution in [3.63, 3.8) is 0 Å². The number of carbonyl (C=O) groups is 1. The molecule has 1 aromatic heterocycles. The molecule has 0 amide bonds. The predicted molar refractivity (Wildman–Crippen MR) is 68.7 cm³/mol. The van der Waals surface area contributed by atoms with E-state index in [4.69, 9.17) is 11.6 Å². The second-order valence-corrected chi connectivity index (χ2v) is 4.56. The molecule has 0 fully saturated rings. The highest BCUT2D eigenvalue weighted by molar-refractivity contribution is 6.33. The molecule has 0 aliphatic carbocycles. The summed E-state index contributed by atoms with van der Waals surface area (Å²) in [5.41, 5.74) is 0.0630. The molecule has 2 aromatic rings. The van der Waals surface area contributed by atoms with E-state index in [0.717, 1.165) is 12.1 Å². The van der Waals surface area contributed by atoms with E-state index in [2.05, 4.69) is 4.98 Å². The van der Waals surface area contributed by atoms with Crippen LogP contribution in [0.25, 0.3) is 0 Å². The molecule has 2 rings (SSSR count). The molecule has 6 heteroatoms. The van der Waals surface area contributed by atoms with E-state index in [1.54, 1.807) is 0 Å². The first-order chi connectivity index (χ1) is 9.38. The zero-order valence-corrected chi connectivity index (χ0v) is 10.9. The Kier molecular flexibility index (Phi) is 4.09. The number of carbonyl (C=O) groups excluding carboxylic acids is 1. The molecule has 0 radical (unpaired) electrons. The summed E-state index contributed by atoms with van der Waals surface area (Å²) in [6, 6.07) is 5.97. The van der Waals surface area contributed by atoms with Crippen molar-refractivity contribution in [2.45, 2.75) is 12.6 Å². The lowest BCUT2D eigenvalue weighted by molar-refractivity contribution is -0.137. The Morgan fingerprint density at radius 2 is 1.80 bits per heavy atom. The first kappa shape index (κ1) is 14.5. The number of nitrogens with zero attached hydrogens (tertiary/aromatic N) is 1. The highest BCUT2D eigenvalue weighted by Gasteiger charge is 2.30. The molecular formula is C14H9ClF3NO. The standard InChI is InChI=1S/C14H9ClF3NO/c15-12-8-19-6-5-11(12)13(20)7-9-1-3-10(4-2-9)14(16,17)18/h1-6,8H,7H2. The minimum absolute atomic E-state index is 0.0120. The van der Waals surface area contributed by atoms with Crippen LogP contribution >= 0.6 is 11.6 Å². The van der Waals surface area contributed by atoms with Gasteiger partial charge in [0, 0.05) is 24.4 Å². The topological polar surface area (TPSA) is 30.0 Å². The van der Waals surface area contributed by atoms with Gasteiger partial charge < -0.3 is 0 Å². The largest absolute Gasteiger partial charge is 0.416 e. The first-order valence-corrected chi connectivity index (χ1v) is 6.04. The van der Waals surface area contributed by atoms with E-state index in [1.165, 1.54) is 30.6 Å². The predicted octanol–water partition coefficient (Wildman–Crippen LogP) is 4.18. The van der Waals surface area contributed by atoms with E-state index in [-0.39, 0.29) is 17.2 Å². The minimum Gasteiger partial charge on any atom is -0.294 e. The molecule has 1 aromatic carbocycles. The number of Topliss-reactive ketones (excluding diaryl/α,β-unsaturated/α-hetero) is 1. The average molecular weight is 300 g/mol. The van der Waals surface area contributed by atoms with Gasteiger partial charge in [0.05, 0.1) is 10.6 Å². The maximum absolute atomic E-state index is 12.4. The third-order valence-corrected chi connectivity index (χ3v) is 3.02. The molecule has 0 aliphatic rings. The zero-order chi connectivity index (χ0) is 14.8. The third-order valence-electron chi connectivity index (χ3n) is 2.72. The first-order valence-electron chi connectivity index (χ1n) is 5.67. The highest BCUT2D eigenvalue weighted by atomic mass is 35.5. The van der Waals surface area contributed by atoms with Gasteiger partial charge in [-0.2, -0.15) is 13.2 Å². The molecule has 0 N–H and O–H groups in total. The fourth-order valence-electron chi connectivity index (χ4n) is 1.69. The molecule has 0 spiro atoms. The molecular weight excluding hydrogens is 291 g/mol. The van der Waals surface area contributed by atoms with Gasteiger partial charge in [-0.1, -0.05) is 23.7 Å². The maximum Gasteiger partial charge on any atom is 0.416 e. The fourth-order valence-corrected chi connectivity index (χ4v) is 1.92. The minimum atomic E-state index is -4.38. The molecule has 104 valence electrons. The zero-order valence-electron chi connectivity index (χ0n) is 10.1. The van der Waals surface area contributed by atoms with Crippen LogP contribution in [0.2, 0.25) is 5.02 Å². The Hall–Kier alpha value is -1.88. The van der Waals surface area contributed by atoms with Crippen LogP contribution in [0.4, 0.5) is 13.2 Å². The van der Waals surface area contributed by atoms with Gasteiger partial charge in [0.25, 0.3) is 0 Å². The number of ketones is 1. The Morgan fingerprint density at radius 1 is 1.15 bits per heavy atom. The van der Waals surface area contributed by atoms with Crippen molar-refractivity contribution in [2.24, 2.45) is 0 Å². The van der Waals surface area contributed by atoms with Crippen LogP contribution < -0.4 is 0 Å². The van der Waals surface area contributed by atoms with Crippen molar-refractivity contribution in [1.29, 1.82) is 0 Å². The Balaban J connectivity index is 2.15. The Morgan fingerprint density at radius 3 is 2.35 bits per heavy atom. The van der Waals surface area contributed by atoms with Crippen molar-refractivity contribution >= 4 is 17.4 Å². The number of hydrogen-bond donors (Lipinski definition) is 0. The van der Waals surface area contributed by atoms with Crippen LogP contribution in [0.15, 0.2) is 42.7 Å². The van der Waals surface area contributed by atoms with Crippen molar-refractivity contribution in [2.75, 3.05) is 0 Å². The lowest BCUT2D eigenvalue weighted by Gasteiger charge is -2.07. The molecule has 0 aliphatic heterocycles. The van der Waals surface area contributed by atoms with E-state index >= 15 is 0 Å². The Bertz CT molecular complexity index is 623. The molecule has 2 nitrogen and oxygen atoms in total.